The molecule has 4 heteroatoms. The molecular formula is C10H11ClN2S. The highest BCUT2D eigenvalue weighted by atomic mass is 35.5. The third-order valence-corrected chi connectivity index (χ3v) is 3.07. The molecule has 2 heterocycles. The molecule has 2 aromatic heterocycles. The Labute approximate surface area is 92.1 Å². The van der Waals surface area contributed by atoms with Gasteiger partial charge in [-0.05, 0) is 18.4 Å². The van der Waals surface area contributed by atoms with E-state index in [1.807, 2.05) is 10.9 Å². The van der Waals surface area contributed by atoms with Gasteiger partial charge in [0.2, 0.25) is 0 Å². The van der Waals surface area contributed by atoms with E-state index in [0.717, 1.165) is 23.4 Å². The number of hydrogen-bond donors (Lipinski definition) is 0. The molecule has 0 aliphatic rings. The molecule has 0 fully saturated rings. The standard InChI is InChI=1S/C10H11ClN2S/c1-2-13-6-9(5-11)10(12-13)8-3-4-14-7-8/h3-4,6-7H,2,5H2,1H3. The maximum Gasteiger partial charge on any atom is 0.0975 e. The highest BCUT2D eigenvalue weighted by molar-refractivity contribution is 7.08. The predicted octanol–water partition coefficient (Wildman–Crippen LogP) is 3.37. The van der Waals surface area contributed by atoms with Gasteiger partial charge in [0.1, 0.15) is 0 Å². The first kappa shape index (κ1) is 9.74. The van der Waals surface area contributed by atoms with Crippen molar-refractivity contribution in [3.05, 3.63) is 28.6 Å². The Bertz CT molecular complexity index is 406. The zero-order valence-electron chi connectivity index (χ0n) is 7.90. The summed E-state index contributed by atoms with van der Waals surface area (Å²) in [5.41, 5.74) is 3.29. The number of halogens is 1. The van der Waals surface area contributed by atoms with Gasteiger partial charge in [-0.1, -0.05) is 0 Å². The third kappa shape index (κ3) is 1.70. The first-order chi connectivity index (χ1) is 6.85. The van der Waals surface area contributed by atoms with Gasteiger partial charge in [0, 0.05) is 29.2 Å². The van der Waals surface area contributed by atoms with Gasteiger partial charge < -0.3 is 0 Å². The molecule has 0 aliphatic heterocycles. The van der Waals surface area contributed by atoms with Crippen molar-refractivity contribution in [1.82, 2.24) is 9.78 Å². The molecule has 2 nitrogen and oxygen atoms in total. The lowest BCUT2D eigenvalue weighted by Crippen LogP contribution is -1.93. The van der Waals surface area contributed by atoms with E-state index in [1.54, 1.807) is 11.3 Å². The summed E-state index contributed by atoms with van der Waals surface area (Å²) < 4.78 is 1.92. The van der Waals surface area contributed by atoms with E-state index in [1.165, 1.54) is 0 Å². The number of aromatic nitrogens is 2. The van der Waals surface area contributed by atoms with Crippen LogP contribution in [0.5, 0.6) is 0 Å². The van der Waals surface area contributed by atoms with E-state index in [0.29, 0.717) is 5.88 Å². The quantitative estimate of drug-likeness (QED) is 0.734. The second-order valence-corrected chi connectivity index (χ2v) is 4.05. The van der Waals surface area contributed by atoms with Crippen molar-refractivity contribution in [2.24, 2.45) is 0 Å². The van der Waals surface area contributed by atoms with Crippen LogP contribution in [0.2, 0.25) is 0 Å². The van der Waals surface area contributed by atoms with Crippen LogP contribution in [-0.2, 0) is 12.4 Å². The van der Waals surface area contributed by atoms with E-state index in [9.17, 15) is 0 Å². The Hall–Kier alpha value is -0.800. The molecule has 0 spiro atoms. The number of rotatable bonds is 3. The molecule has 0 unspecified atom stereocenters. The molecule has 0 saturated carbocycles. The second kappa shape index (κ2) is 4.15. The van der Waals surface area contributed by atoms with Gasteiger partial charge in [0.25, 0.3) is 0 Å². The smallest absolute Gasteiger partial charge is 0.0975 e. The normalized spacial score (nSPS) is 10.7. The average Bonchev–Trinajstić information content (AvgIpc) is 2.85. The largest absolute Gasteiger partial charge is 0.272 e. The summed E-state index contributed by atoms with van der Waals surface area (Å²) in [4.78, 5) is 0. The Balaban J connectivity index is 2.46. The summed E-state index contributed by atoms with van der Waals surface area (Å²) >= 11 is 7.55. The van der Waals surface area contributed by atoms with E-state index < -0.39 is 0 Å². The summed E-state index contributed by atoms with van der Waals surface area (Å²) in [6.45, 7) is 2.95. The number of aryl methyl sites for hydroxylation is 1. The van der Waals surface area contributed by atoms with Gasteiger partial charge in [-0.2, -0.15) is 16.4 Å². The van der Waals surface area contributed by atoms with E-state index in [4.69, 9.17) is 11.6 Å². The fourth-order valence-corrected chi connectivity index (χ4v) is 2.20. The fraction of sp³-hybridized carbons (Fsp3) is 0.300. The number of alkyl halides is 1. The average molecular weight is 227 g/mol. The maximum atomic E-state index is 5.87. The molecule has 0 atom stereocenters. The van der Waals surface area contributed by atoms with Gasteiger partial charge >= 0.3 is 0 Å². The lowest BCUT2D eigenvalue weighted by atomic mass is 10.2. The van der Waals surface area contributed by atoms with Crippen LogP contribution < -0.4 is 0 Å². The molecule has 2 rings (SSSR count). The molecule has 14 heavy (non-hydrogen) atoms. The Morgan fingerprint density at radius 1 is 1.57 bits per heavy atom. The summed E-state index contributed by atoms with van der Waals surface area (Å²) in [6.07, 6.45) is 2.01. The number of hydrogen-bond acceptors (Lipinski definition) is 2. The van der Waals surface area contributed by atoms with Crippen LogP contribution in [0, 0.1) is 0 Å². The monoisotopic (exact) mass is 226 g/mol. The highest BCUT2D eigenvalue weighted by Crippen LogP contribution is 2.25. The van der Waals surface area contributed by atoms with Gasteiger partial charge in [-0.25, -0.2) is 0 Å². The van der Waals surface area contributed by atoms with Gasteiger partial charge in [-0.15, -0.1) is 11.6 Å². The van der Waals surface area contributed by atoms with Crippen molar-refractivity contribution in [3.63, 3.8) is 0 Å². The molecule has 0 N–H and O–H groups in total. The summed E-state index contributed by atoms with van der Waals surface area (Å²) in [5, 5.41) is 8.63. The van der Waals surface area contributed by atoms with Crippen LogP contribution in [0.15, 0.2) is 23.0 Å². The molecule has 0 amide bonds. The Kier molecular flexibility index (Phi) is 2.89. The van der Waals surface area contributed by atoms with Crippen molar-refractivity contribution in [2.45, 2.75) is 19.3 Å². The zero-order chi connectivity index (χ0) is 9.97. The fourth-order valence-electron chi connectivity index (χ4n) is 1.36. The topological polar surface area (TPSA) is 17.8 Å². The first-order valence-corrected chi connectivity index (χ1v) is 5.97. The minimum absolute atomic E-state index is 0.519. The van der Waals surface area contributed by atoms with Crippen LogP contribution in [0.3, 0.4) is 0 Å². The summed E-state index contributed by atoms with van der Waals surface area (Å²) in [5.74, 6) is 0.519. The first-order valence-electron chi connectivity index (χ1n) is 4.50. The number of thiophene rings is 1. The molecule has 0 radical (unpaired) electrons. The van der Waals surface area contributed by atoms with Crippen molar-refractivity contribution < 1.29 is 0 Å². The molecule has 74 valence electrons. The second-order valence-electron chi connectivity index (χ2n) is 3.00. The van der Waals surface area contributed by atoms with Crippen LogP contribution >= 0.6 is 22.9 Å². The van der Waals surface area contributed by atoms with E-state index in [-0.39, 0.29) is 0 Å². The Morgan fingerprint density at radius 2 is 2.43 bits per heavy atom. The van der Waals surface area contributed by atoms with Crippen LogP contribution in [0.1, 0.15) is 12.5 Å². The molecule has 0 bridgehead atoms. The SMILES string of the molecule is CCn1cc(CCl)c(-c2ccsc2)n1. The third-order valence-electron chi connectivity index (χ3n) is 2.10. The predicted molar refractivity (Wildman–Crippen MR) is 60.8 cm³/mol. The van der Waals surface area contributed by atoms with Crippen molar-refractivity contribution in [1.29, 1.82) is 0 Å². The lowest BCUT2D eigenvalue weighted by Gasteiger charge is -1.93. The maximum absolute atomic E-state index is 5.87. The molecule has 0 saturated heterocycles. The van der Waals surface area contributed by atoms with Crippen molar-refractivity contribution in [2.75, 3.05) is 0 Å². The van der Waals surface area contributed by atoms with E-state index >= 15 is 0 Å². The van der Waals surface area contributed by atoms with Crippen molar-refractivity contribution >= 4 is 22.9 Å². The lowest BCUT2D eigenvalue weighted by molar-refractivity contribution is 0.661. The van der Waals surface area contributed by atoms with Gasteiger partial charge in [-0.3, -0.25) is 4.68 Å². The molecule has 0 aliphatic carbocycles. The van der Waals surface area contributed by atoms with Crippen LogP contribution in [-0.4, -0.2) is 9.78 Å². The molecule has 0 aromatic carbocycles. The zero-order valence-corrected chi connectivity index (χ0v) is 9.48. The van der Waals surface area contributed by atoms with E-state index in [2.05, 4.69) is 28.8 Å². The minimum atomic E-state index is 0.519. The van der Waals surface area contributed by atoms with Crippen LogP contribution in [0.4, 0.5) is 0 Å². The minimum Gasteiger partial charge on any atom is -0.272 e. The Morgan fingerprint density at radius 3 is 3.00 bits per heavy atom. The van der Waals surface area contributed by atoms with Gasteiger partial charge in [0.05, 0.1) is 11.6 Å². The highest BCUT2D eigenvalue weighted by Gasteiger charge is 2.09. The summed E-state index contributed by atoms with van der Waals surface area (Å²) in [7, 11) is 0. The molecular weight excluding hydrogens is 216 g/mol. The number of nitrogens with zero attached hydrogens (tertiary/aromatic N) is 2. The van der Waals surface area contributed by atoms with Gasteiger partial charge in [0.15, 0.2) is 0 Å². The van der Waals surface area contributed by atoms with Crippen LogP contribution in [0.25, 0.3) is 11.3 Å². The van der Waals surface area contributed by atoms with Crippen molar-refractivity contribution in [3.8, 4) is 11.3 Å². The molecule has 2 aromatic rings. The summed E-state index contributed by atoms with van der Waals surface area (Å²) in [6, 6.07) is 2.07.